The molecule has 1 N–H and O–H groups in total. The Balaban J connectivity index is 2.03. The van der Waals surface area contributed by atoms with E-state index in [0.29, 0.717) is 18.0 Å². The highest BCUT2D eigenvalue weighted by molar-refractivity contribution is 7.92. The molecule has 1 atom stereocenters. The summed E-state index contributed by atoms with van der Waals surface area (Å²) in [6.07, 6.45) is 1.13. The van der Waals surface area contributed by atoms with Crippen LogP contribution in [-0.4, -0.2) is 44.3 Å². The molecule has 3 aromatic carbocycles. The molecule has 0 aliphatic rings. The molecule has 0 radical (unpaired) electrons. The summed E-state index contributed by atoms with van der Waals surface area (Å²) in [7, 11) is -4.12. The smallest absolute Gasteiger partial charge is 0.264 e. The van der Waals surface area contributed by atoms with E-state index in [2.05, 4.69) is 5.32 Å². The van der Waals surface area contributed by atoms with E-state index in [1.165, 1.54) is 23.1 Å². The normalized spacial score (nSPS) is 12.0. The van der Waals surface area contributed by atoms with Crippen molar-refractivity contribution < 1.29 is 18.0 Å². The molecule has 38 heavy (non-hydrogen) atoms. The number of halogens is 1. The van der Waals surface area contributed by atoms with Crippen molar-refractivity contribution >= 4 is 39.1 Å². The van der Waals surface area contributed by atoms with E-state index in [4.69, 9.17) is 11.6 Å². The summed E-state index contributed by atoms with van der Waals surface area (Å²) < 4.78 is 28.5. The number of hydrogen-bond donors (Lipinski definition) is 1. The van der Waals surface area contributed by atoms with Crippen LogP contribution in [0.4, 0.5) is 5.69 Å². The predicted octanol–water partition coefficient (Wildman–Crippen LogP) is 5.18. The standard InChI is InChI=1S/C29H34ClN3O4S/c1-4-18-31-29(35)27(5-2)32(20-23-16-14-22(3)15-17-23)28(34)21-33(25-11-9-10-24(30)19-25)38(36,37)26-12-7-6-8-13-26/h6-17,19,27H,4-5,18,20-21H2,1-3H3,(H,31,35)/t27-/m1/s1. The lowest BCUT2D eigenvalue weighted by atomic mass is 10.1. The molecule has 0 saturated carbocycles. The molecule has 3 rings (SSSR count). The van der Waals surface area contributed by atoms with Crippen LogP contribution < -0.4 is 9.62 Å². The van der Waals surface area contributed by atoms with E-state index in [0.717, 1.165) is 21.9 Å². The highest BCUT2D eigenvalue weighted by Gasteiger charge is 2.33. The summed E-state index contributed by atoms with van der Waals surface area (Å²) in [5.74, 6) is -0.765. The third-order valence-corrected chi connectivity index (χ3v) is 8.14. The molecule has 3 aromatic rings. The Morgan fingerprint density at radius 2 is 1.63 bits per heavy atom. The van der Waals surface area contributed by atoms with Crippen molar-refractivity contribution in [1.29, 1.82) is 0 Å². The Kier molecular flexibility index (Phi) is 10.3. The number of carbonyl (C=O) groups is 2. The molecule has 0 aliphatic heterocycles. The zero-order valence-electron chi connectivity index (χ0n) is 21.9. The first-order valence-corrected chi connectivity index (χ1v) is 14.4. The van der Waals surface area contributed by atoms with Gasteiger partial charge in [-0.2, -0.15) is 0 Å². The van der Waals surface area contributed by atoms with E-state index in [1.54, 1.807) is 36.4 Å². The summed E-state index contributed by atoms with van der Waals surface area (Å²) in [5.41, 5.74) is 2.17. The zero-order valence-corrected chi connectivity index (χ0v) is 23.5. The maximum Gasteiger partial charge on any atom is 0.264 e. The quantitative estimate of drug-likeness (QED) is 0.334. The lowest BCUT2D eigenvalue weighted by molar-refractivity contribution is -0.140. The van der Waals surface area contributed by atoms with E-state index in [9.17, 15) is 18.0 Å². The fourth-order valence-electron chi connectivity index (χ4n) is 4.06. The second-order valence-electron chi connectivity index (χ2n) is 9.03. The number of sulfonamides is 1. The lowest BCUT2D eigenvalue weighted by Gasteiger charge is -2.33. The van der Waals surface area contributed by atoms with Crippen molar-refractivity contribution in [3.8, 4) is 0 Å². The topological polar surface area (TPSA) is 86.8 Å². The van der Waals surface area contributed by atoms with Crippen LogP contribution in [0.25, 0.3) is 0 Å². The number of benzene rings is 3. The number of aryl methyl sites for hydroxylation is 1. The second-order valence-corrected chi connectivity index (χ2v) is 11.3. The Hall–Kier alpha value is -3.36. The van der Waals surface area contributed by atoms with Crippen molar-refractivity contribution in [1.82, 2.24) is 10.2 Å². The fraction of sp³-hybridized carbons (Fsp3) is 0.310. The van der Waals surface area contributed by atoms with Gasteiger partial charge in [0.05, 0.1) is 10.6 Å². The van der Waals surface area contributed by atoms with Crippen LogP contribution in [0.3, 0.4) is 0 Å². The molecule has 0 saturated heterocycles. The Bertz CT molecular complexity index is 1330. The second kappa shape index (κ2) is 13.4. The van der Waals surface area contributed by atoms with E-state index >= 15 is 0 Å². The average molecular weight is 556 g/mol. The molecular formula is C29H34ClN3O4S. The van der Waals surface area contributed by atoms with Gasteiger partial charge in [-0.25, -0.2) is 8.42 Å². The molecule has 0 unspecified atom stereocenters. The predicted molar refractivity (Wildman–Crippen MR) is 152 cm³/mol. The van der Waals surface area contributed by atoms with Crippen molar-refractivity contribution in [3.63, 3.8) is 0 Å². The number of anilines is 1. The highest BCUT2D eigenvalue weighted by atomic mass is 35.5. The fourth-order valence-corrected chi connectivity index (χ4v) is 5.67. The minimum atomic E-state index is -4.12. The van der Waals surface area contributed by atoms with Crippen LogP contribution in [0.2, 0.25) is 5.02 Å². The van der Waals surface area contributed by atoms with Gasteiger partial charge in [0.1, 0.15) is 12.6 Å². The van der Waals surface area contributed by atoms with Crippen molar-refractivity contribution in [2.75, 3.05) is 17.4 Å². The molecule has 0 fully saturated rings. The van der Waals surface area contributed by atoms with Gasteiger partial charge in [-0.05, 0) is 55.7 Å². The molecule has 0 heterocycles. The molecule has 0 aliphatic carbocycles. The first-order chi connectivity index (χ1) is 18.2. The van der Waals surface area contributed by atoms with Gasteiger partial charge in [0.2, 0.25) is 11.8 Å². The molecule has 0 spiro atoms. The minimum absolute atomic E-state index is 0.0468. The molecule has 7 nitrogen and oxygen atoms in total. The van der Waals surface area contributed by atoms with Crippen LogP contribution in [0.5, 0.6) is 0 Å². The molecular weight excluding hydrogens is 522 g/mol. The van der Waals surface area contributed by atoms with E-state index < -0.39 is 28.5 Å². The van der Waals surface area contributed by atoms with E-state index in [1.807, 2.05) is 45.0 Å². The molecule has 202 valence electrons. The number of rotatable bonds is 12. The van der Waals surface area contributed by atoms with Crippen LogP contribution in [0.15, 0.2) is 83.8 Å². The molecule has 0 aromatic heterocycles. The van der Waals surface area contributed by atoms with Gasteiger partial charge < -0.3 is 10.2 Å². The van der Waals surface area contributed by atoms with Gasteiger partial charge in [-0.1, -0.05) is 79.5 Å². The Morgan fingerprint density at radius 1 is 0.947 bits per heavy atom. The first kappa shape index (κ1) is 29.2. The van der Waals surface area contributed by atoms with Crippen molar-refractivity contribution in [2.24, 2.45) is 0 Å². The van der Waals surface area contributed by atoms with Gasteiger partial charge in [-0.3, -0.25) is 13.9 Å². The number of nitrogens with zero attached hydrogens (tertiary/aromatic N) is 2. The van der Waals surface area contributed by atoms with Crippen LogP contribution in [-0.2, 0) is 26.2 Å². The Morgan fingerprint density at radius 3 is 2.24 bits per heavy atom. The van der Waals surface area contributed by atoms with Crippen LogP contribution >= 0.6 is 11.6 Å². The number of carbonyl (C=O) groups excluding carboxylic acids is 2. The first-order valence-electron chi connectivity index (χ1n) is 12.6. The highest BCUT2D eigenvalue weighted by Crippen LogP contribution is 2.27. The largest absolute Gasteiger partial charge is 0.354 e. The maximum atomic E-state index is 13.9. The number of hydrogen-bond acceptors (Lipinski definition) is 4. The molecule has 9 heteroatoms. The Labute approximate surface area is 230 Å². The third-order valence-electron chi connectivity index (χ3n) is 6.11. The summed E-state index contributed by atoms with van der Waals surface area (Å²) in [6.45, 7) is 5.90. The number of amides is 2. The summed E-state index contributed by atoms with van der Waals surface area (Å²) in [4.78, 5) is 28.5. The van der Waals surface area contributed by atoms with Crippen molar-refractivity contribution in [2.45, 2.75) is 51.1 Å². The van der Waals surface area contributed by atoms with Gasteiger partial charge in [-0.15, -0.1) is 0 Å². The molecule has 0 bridgehead atoms. The van der Waals surface area contributed by atoms with Gasteiger partial charge in [0, 0.05) is 18.1 Å². The summed E-state index contributed by atoms with van der Waals surface area (Å²) in [5, 5.41) is 3.22. The van der Waals surface area contributed by atoms with Crippen molar-refractivity contribution in [3.05, 3.63) is 95.0 Å². The summed E-state index contributed by atoms with van der Waals surface area (Å²) in [6, 6.07) is 21.2. The minimum Gasteiger partial charge on any atom is -0.354 e. The third kappa shape index (κ3) is 7.36. The van der Waals surface area contributed by atoms with Crippen LogP contribution in [0, 0.1) is 6.92 Å². The van der Waals surface area contributed by atoms with Crippen LogP contribution in [0.1, 0.15) is 37.8 Å². The lowest BCUT2D eigenvalue weighted by Crippen LogP contribution is -2.52. The SMILES string of the molecule is CCCNC(=O)[C@@H](CC)N(Cc1ccc(C)cc1)C(=O)CN(c1cccc(Cl)c1)S(=O)(=O)c1ccccc1. The summed E-state index contributed by atoms with van der Waals surface area (Å²) >= 11 is 6.20. The molecule has 2 amide bonds. The monoisotopic (exact) mass is 555 g/mol. The zero-order chi connectivity index (χ0) is 27.7. The van der Waals surface area contributed by atoms with Gasteiger partial charge in [0.25, 0.3) is 10.0 Å². The average Bonchev–Trinajstić information content (AvgIpc) is 2.91. The van der Waals surface area contributed by atoms with E-state index in [-0.39, 0.29) is 23.0 Å². The van der Waals surface area contributed by atoms with Gasteiger partial charge >= 0.3 is 0 Å². The maximum absolute atomic E-state index is 13.9. The number of nitrogens with one attached hydrogen (secondary N) is 1. The van der Waals surface area contributed by atoms with Gasteiger partial charge in [0.15, 0.2) is 0 Å².